The lowest BCUT2D eigenvalue weighted by molar-refractivity contribution is 0.626. The highest BCUT2D eigenvalue weighted by molar-refractivity contribution is 5.83. The predicted molar refractivity (Wildman–Crippen MR) is 84.9 cm³/mol. The van der Waals surface area contributed by atoms with Crippen molar-refractivity contribution in [3.63, 3.8) is 0 Å². The number of hydrogen-bond acceptors (Lipinski definition) is 0. The molecule has 0 bridgehead atoms. The van der Waals surface area contributed by atoms with Gasteiger partial charge in [-0.3, -0.25) is 0 Å². The average molecular weight is 276 g/mol. The summed E-state index contributed by atoms with van der Waals surface area (Å²) in [7, 11) is 0. The Bertz CT molecular complexity index is 773. The maximum absolute atomic E-state index is 13.0. The van der Waals surface area contributed by atoms with Gasteiger partial charge in [0.1, 0.15) is 5.82 Å². The first kappa shape index (κ1) is 12.6. The fraction of sp³-hybridized carbons (Fsp3) is 0.200. The molecule has 0 aliphatic heterocycles. The Hall–Kier alpha value is -2.15. The number of benzene rings is 3. The molecule has 104 valence electrons. The topological polar surface area (TPSA) is 0 Å². The molecule has 0 saturated heterocycles. The van der Waals surface area contributed by atoms with Crippen LogP contribution in [0.1, 0.15) is 23.5 Å². The quantitative estimate of drug-likeness (QED) is 0.607. The molecule has 0 spiro atoms. The molecule has 2 unspecified atom stereocenters. The van der Waals surface area contributed by atoms with E-state index < -0.39 is 0 Å². The zero-order valence-corrected chi connectivity index (χ0v) is 11.8. The minimum absolute atomic E-state index is 0.148. The van der Waals surface area contributed by atoms with E-state index in [4.69, 9.17) is 0 Å². The monoisotopic (exact) mass is 276 g/mol. The number of hydrogen-bond donors (Lipinski definition) is 0. The molecule has 3 aromatic rings. The van der Waals surface area contributed by atoms with Gasteiger partial charge in [-0.1, -0.05) is 54.6 Å². The number of fused-ring (bicyclic) bond motifs is 1. The zero-order valence-electron chi connectivity index (χ0n) is 11.8. The molecule has 0 amide bonds. The Morgan fingerprint density at radius 3 is 2.43 bits per heavy atom. The van der Waals surface area contributed by atoms with Crippen LogP contribution < -0.4 is 0 Å². The Morgan fingerprint density at radius 1 is 0.857 bits per heavy atom. The van der Waals surface area contributed by atoms with Crippen molar-refractivity contribution < 1.29 is 4.39 Å². The van der Waals surface area contributed by atoms with Gasteiger partial charge in [0, 0.05) is 0 Å². The van der Waals surface area contributed by atoms with E-state index in [0.717, 1.165) is 6.42 Å². The number of halogens is 1. The maximum Gasteiger partial charge on any atom is 0.123 e. The van der Waals surface area contributed by atoms with Crippen LogP contribution in [0.3, 0.4) is 0 Å². The molecule has 1 aliphatic carbocycles. The van der Waals surface area contributed by atoms with Crippen LogP contribution >= 0.6 is 0 Å². The molecule has 0 nitrogen and oxygen atoms in total. The van der Waals surface area contributed by atoms with Gasteiger partial charge in [0.05, 0.1) is 0 Å². The Morgan fingerprint density at radius 2 is 1.62 bits per heavy atom. The van der Waals surface area contributed by atoms with Crippen molar-refractivity contribution in [1.29, 1.82) is 0 Å². The molecule has 0 radical (unpaired) electrons. The van der Waals surface area contributed by atoms with E-state index in [2.05, 4.69) is 42.5 Å². The van der Waals surface area contributed by atoms with Gasteiger partial charge >= 0.3 is 0 Å². The molecule has 4 rings (SSSR count). The highest BCUT2D eigenvalue weighted by Crippen LogP contribution is 2.49. The van der Waals surface area contributed by atoms with Crippen LogP contribution in [0.15, 0.2) is 66.7 Å². The van der Waals surface area contributed by atoms with Gasteiger partial charge in [-0.05, 0) is 58.7 Å². The zero-order chi connectivity index (χ0) is 14.2. The van der Waals surface area contributed by atoms with Crippen LogP contribution in [-0.2, 0) is 6.42 Å². The third-order valence-corrected chi connectivity index (χ3v) is 4.53. The molecule has 3 aromatic carbocycles. The summed E-state index contributed by atoms with van der Waals surface area (Å²) in [5, 5.41) is 2.61. The normalized spacial score (nSPS) is 20.6. The van der Waals surface area contributed by atoms with Gasteiger partial charge in [0.15, 0.2) is 0 Å². The molecule has 1 fully saturated rings. The van der Waals surface area contributed by atoms with Crippen LogP contribution in [0.4, 0.5) is 4.39 Å². The summed E-state index contributed by atoms with van der Waals surface area (Å²) in [5.74, 6) is 1.17. The van der Waals surface area contributed by atoms with Gasteiger partial charge in [0.25, 0.3) is 0 Å². The van der Waals surface area contributed by atoms with E-state index in [9.17, 15) is 4.39 Å². The molecular formula is C20H17F. The van der Waals surface area contributed by atoms with Gasteiger partial charge in [-0.2, -0.15) is 0 Å². The highest BCUT2D eigenvalue weighted by atomic mass is 19.1. The summed E-state index contributed by atoms with van der Waals surface area (Å²) in [6.45, 7) is 0. The largest absolute Gasteiger partial charge is 0.207 e. The summed E-state index contributed by atoms with van der Waals surface area (Å²) in [5.41, 5.74) is 2.69. The first-order valence-corrected chi connectivity index (χ1v) is 7.53. The Kier molecular flexibility index (Phi) is 2.99. The van der Waals surface area contributed by atoms with Crippen molar-refractivity contribution in [2.24, 2.45) is 5.92 Å². The molecule has 1 heteroatoms. The Labute approximate surface area is 124 Å². The molecule has 0 N–H and O–H groups in total. The second-order valence-electron chi connectivity index (χ2n) is 6.04. The molecule has 1 aliphatic rings. The summed E-state index contributed by atoms with van der Waals surface area (Å²) in [6, 6.07) is 22.2. The average Bonchev–Trinajstić information content (AvgIpc) is 3.27. The van der Waals surface area contributed by atoms with Crippen LogP contribution in [-0.4, -0.2) is 0 Å². The first-order valence-electron chi connectivity index (χ1n) is 7.53. The van der Waals surface area contributed by atoms with E-state index in [1.165, 1.54) is 28.3 Å². The minimum Gasteiger partial charge on any atom is -0.207 e. The van der Waals surface area contributed by atoms with Crippen LogP contribution in [0.25, 0.3) is 10.8 Å². The fourth-order valence-corrected chi connectivity index (χ4v) is 3.26. The number of rotatable bonds is 3. The van der Waals surface area contributed by atoms with E-state index in [1.807, 2.05) is 12.1 Å². The minimum atomic E-state index is -0.148. The van der Waals surface area contributed by atoms with E-state index in [1.54, 1.807) is 12.1 Å². The van der Waals surface area contributed by atoms with Crippen molar-refractivity contribution in [2.45, 2.75) is 18.8 Å². The van der Waals surface area contributed by atoms with Gasteiger partial charge in [-0.15, -0.1) is 0 Å². The van der Waals surface area contributed by atoms with Gasteiger partial charge < -0.3 is 0 Å². The fourth-order valence-electron chi connectivity index (χ4n) is 3.26. The lowest BCUT2D eigenvalue weighted by Gasteiger charge is -2.04. The molecule has 0 aromatic heterocycles. The van der Waals surface area contributed by atoms with E-state index in [0.29, 0.717) is 11.8 Å². The summed E-state index contributed by atoms with van der Waals surface area (Å²) in [6.07, 6.45) is 2.34. The molecule has 21 heavy (non-hydrogen) atoms. The van der Waals surface area contributed by atoms with Crippen molar-refractivity contribution in [1.82, 2.24) is 0 Å². The van der Waals surface area contributed by atoms with Crippen LogP contribution in [0, 0.1) is 11.7 Å². The van der Waals surface area contributed by atoms with Gasteiger partial charge in [-0.25, -0.2) is 4.39 Å². The Balaban J connectivity index is 1.50. The second-order valence-corrected chi connectivity index (χ2v) is 6.04. The van der Waals surface area contributed by atoms with Crippen molar-refractivity contribution >= 4 is 10.8 Å². The third kappa shape index (κ3) is 2.56. The molecule has 2 atom stereocenters. The van der Waals surface area contributed by atoms with Gasteiger partial charge in [0.2, 0.25) is 0 Å². The third-order valence-electron chi connectivity index (χ3n) is 4.53. The summed E-state index contributed by atoms with van der Waals surface area (Å²) in [4.78, 5) is 0. The smallest absolute Gasteiger partial charge is 0.123 e. The summed E-state index contributed by atoms with van der Waals surface area (Å²) >= 11 is 0. The van der Waals surface area contributed by atoms with Crippen LogP contribution in [0.5, 0.6) is 0 Å². The van der Waals surface area contributed by atoms with E-state index >= 15 is 0 Å². The molecular weight excluding hydrogens is 259 g/mol. The second kappa shape index (κ2) is 5.00. The standard InChI is InChI=1S/C20H17F/c21-19-9-7-16(8-10-19)20-13-18(20)12-14-5-6-15-3-1-2-4-17(15)11-14/h1-11,18,20H,12-13H2. The van der Waals surface area contributed by atoms with E-state index in [-0.39, 0.29) is 5.82 Å². The van der Waals surface area contributed by atoms with Crippen molar-refractivity contribution in [2.75, 3.05) is 0 Å². The lowest BCUT2D eigenvalue weighted by atomic mass is 10.0. The van der Waals surface area contributed by atoms with Crippen LogP contribution in [0.2, 0.25) is 0 Å². The molecule has 0 heterocycles. The summed E-state index contributed by atoms with van der Waals surface area (Å²) < 4.78 is 13.0. The highest BCUT2D eigenvalue weighted by Gasteiger charge is 2.37. The molecule has 1 saturated carbocycles. The van der Waals surface area contributed by atoms with Crippen molar-refractivity contribution in [3.05, 3.63) is 83.7 Å². The predicted octanol–water partition coefficient (Wildman–Crippen LogP) is 5.33. The maximum atomic E-state index is 13.0. The SMILES string of the molecule is Fc1ccc(C2CC2Cc2ccc3ccccc3c2)cc1. The lowest BCUT2D eigenvalue weighted by Crippen LogP contribution is -1.90. The first-order chi connectivity index (χ1) is 10.3. The van der Waals surface area contributed by atoms with Crippen molar-refractivity contribution in [3.8, 4) is 0 Å².